The molecule has 0 unspecified atom stereocenters. The number of aryl methyl sites for hydroxylation is 1. The third-order valence-electron chi connectivity index (χ3n) is 9.74. The minimum absolute atomic E-state index is 0.0117. The molecule has 2 fully saturated rings. The number of benzene rings is 1. The Hall–Kier alpha value is -4.59. The van der Waals surface area contributed by atoms with Crippen molar-refractivity contribution in [1.82, 2.24) is 33.9 Å². The molecular weight excluding hydrogens is 666 g/mol. The molecular formula is C35H36ClN7O5S. The minimum Gasteiger partial charge on any atom is -0.481 e. The number of carbonyl (C=O) groups excluding carboxylic acids is 2. The van der Waals surface area contributed by atoms with Gasteiger partial charge in [-0.2, -0.15) is 0 Å². The molecule has 254 valence electrons. The summed E-state index contributed by atoms with van der Waals surface area (Å²) >= 11 is 7.73. The standard InChI is InChI=1S/C35H36ClN7O5S/c1-40-14-10-25-30(40)38-21-43(33(25)45)20-35(47)12-16-41(17-13-35)32(44)24-11-15-42(19-26(24)22-6-4-3-5-7-22)34(46)28-29(36)39-31(49-28)23-8-9-27(48-2)37-18-23/h3-10,14,18,21,24,26,47H,11-13,15-17,19-20H2,1-2H3/t24-,26+/m1/s1. The summed E-state index contributed by atoms with van der Waals surface area (Å²) in [5, 5.41) is 12.7. The first-order valence-electron chi connectivity index (χ1n) is 16.2. The monoisotopic (exact) mass is 701 g/mol. The summed E-state index contributed by atoms with van der Waals surface area (Å²) in [6.45, 7) is 1.58. The zero-order valence-electron chi connectivity index (χ0n) is 27.2. The fourth-order valence-electron chi connectivity index (χ4n) is 6.94. The number of hydrogen-bond donors (Lipinski definition) is 1. The van der Waals surface area contributed by atoms with E-state index in [1.807, 2.05) is 48.3 Å². The number of rotatable bonds is 7. The number of hydrogen-bond acceptors (Lipinski definition) is 9. The predicted octanol–water partition coefficient (Wildman–Crippen LogP) is 4.22. The van der Waals surface area contributed by atoms with Gasteiger partial charge in [0.15, 0.2) is 5.15 Å². The first-order chi connectivity index (χ1) is 23.6. The van der Waals surface area contributed by atoms with E-state index >= 15 is 0 Å². The Morgan fingerprint density at radius 3 is 2.55 bits per heavy atom. The molecule has 2 atom stereocenters. The largest absolute Gasteiger partial charge is 0.481 e. The SMILES string of the molecule is COc1ccc(-c2nc(Cl)c(C(=O)N3CC[C@@H](C(=O)N4CCC(O)(Cn5cnc6c(ccn6C)c5=O)CC4)[C@H](c4ccccc4)C3)s2)cn1. The molecule has 2 aliphatic heterocycles. The Balaban J connectivity index is 1.05. The first-order valence-corrected chi connectivity index (χ1v) is 17.4. The van der Waals surface area contributed by atoms with Crippen LogP contribution in [0, 0.1) is 5.92 Å². The summed E-state index contributed by atoms with van der Waals surface area (Å²) in [6.07, 6.45) is 6.05. The Labute approximate surface area is 291 Å². The highest BCUT2D eigenvalue weighted by Crippen LogP contribution is 2.38. The highest BCUT2D eigenvalue weighted by atomic mass is 35.5. The number of halogens is 1. The number of fused-ring (bicyclic) bond motifs is 1. The zero-order chi connectivity index (χ0) is 34.3. The van der Waals surface area contributed by atoms with Crippen LogP contribution in [0.25, 0.3) is 21.6 Å². The number of piperidine rings is 2. The van der Waals surface area contributed by atoms with Gasteiger partial charge >= 0.3 is 0 Å². The zero-order valence-corrected chi connectivity index (χ0v) is 28.7. The van der Waals surface area contributed by atoms with Gasteiger partial charge in [-0.1, -0.05) is 41.9 Å². The van der Waals surface area contributed by atoms with Gasteiger partial charge in [0.2, 0.25) is 11.8 Å². The van der Waals surface area contributed by atoms with Crippen LogP contribution >= 0.6 is 22.9 Å². The molecule has 0 spiro atoms. The number of aromatic nitrogens is 5. The van der Waals surface area contributed by atoms with Gasteiger partial charge in [-0.3, -0.25) is 19.0 Å². The summed E-state index contributed by atoms with van der Waals surface area (Å²) in [5.41, 5.74) is 0.968. The molecule has 6 heterocycles. The molecule has 2 saturated heterocycles. The molecule has 1 N–H and O–H groups in total. The van der Waals surface area contributed by atoms with Gasteiger partial charge in [0.25, 0.3) is 11.5 Å². The second kappa shape index (κ2) is 13.4. The molecule has 49 heavy (non-hydrogen) atoms. The number of aliphatic hydroxyl groups is 1. The van der Waals surface area contributed by atoms with E-state index in [9.17, 15) is 19.5 Å². The first kappa shape index (κ1) is 32.9. The Morgan fingerprint density at radius 1 is 1.06 bits per heavy atom. The third kappa shape index (κ3) is 6.45. The molecule has 2 aliphatic rings. The predicted molar refractivity (Wildman–Crippen MR) is 186 cm³/mol. The highest BCUT2D eigenvalue weighted by molar-refractivity contribution is 7.17. The van der Waals surface area contributed by atoms with E-state index in [0.717, 1.165) is 11.1 Å². The maximum atomic E-state index is 14.1. The van der Waals surface area contributed by atoms with Crippen molar-refractivity contribution in [2.75, 3.05) is 33.3 Å². The van der Waals surface area contributed by atoms with Crippen LogP contribution < -0.4 is 10.3 Å². The number of pyridine rings is 1. The van der Waals surface area contributed by atoms with Crippen molar-refractivity contribution < 1.29 is 19.4 Å². The smallest absolute Gasteiger partial charge is 0.267 e. The summed E-state index contributed by atoms with van der Waals surface area (Å²) in [5.74, 6) is -0.307. The number of nitrogens with zero attached hydrogens (tertiary/aromatic N) is 7. The molecule has 0 aliphatic carbocycles. The summed E-state index contributed by atoms with van der Waals surface area (Å²) in [7, 11) is 3.37. The molecule has 12 nitrogen and oxygen atoms in total. The molecule has 5 aromatic rings. The van der Waals surface area contributed by atoms with Crippen molar-refractivity contribution in [3.8, 4) is 16.5 Å². The van der Waals surface area contributed by atoms with E-state index in [0.29, 0.717) is 72.2 Å². The van der Waals surface area contributed by atoms with E-state index in [2.05, 4.69) is 15.0 Å². The lowest BCUT2D eigenvalue weighted by Gasteiger charge is -2.43. The molecule has 2 amide bonds. The van der Waals surface area contributed by atoms with Crippen molar-refractivity contribution in [2.45, 2.75) is 37.3 Å². The lowest BCUT2D eigenvalue weighted by Crippen LogP contribution is -2.53. The van der Waals surface area contributed by atoms with Gasteiger partial charge in [0.1, 0.15) is 21.9 Å². The Morgan fingerprint density at radius 2 is 1.84 bits per heavy atom. The van der Waals surface area contributed by atoms with E-state index < -0.39 is 5.60 Å². The van der Waals surface area contributed by atoms with E-state index in [1.165, 1.54) is 22.2 Å². The van der Waals surface area contributed by atoms with Crippen molar-refractivity contribution in [3.05, 3.63) is 93.2 Å². The average Bonchev–Trinajstić information content (AvgIpc) is 3.71. The van der Waals surface area contributed by atoms with Crippen LogP contribution in [0.3, 0.4) is 0 Å². The van der Waals surface area contributed by atoms with Gasteiger partial charge in [0.05, 0.1) is 24.6 Å². The van der Waals surface area contributed by atoms with Gasteiger partial charge in [-0.25, -0.2) is 15.0 Å². The molecule has 14 heteroatoms. The topological polar surface area (TPSA) is 136 Å². The number of methoxy groups -OCH3 is 1. The molecule has 0 radical (unpaired) electrons. The number of carbonyl (C=O) groups is 2. The van der Waals surface area contributed by atoms with Crippen LogP contribution in [0.1, 0.15) is 40.4 Å². The maximum Gasteiger partial charge on any atom is 0.267 e. The van der Waals surface area contributed by atoms with Gasteiger partial charge in [-0.05, 0) is 37.0 Å². The van der Waals surface area contributed by atoms with Crippen molar-refractivity contribution in [1.29, 1.82) is 0 Å². The summed E-state index contributed by atoms with van der Waals surface area (Å²) in [4.78, 5) is 58.1. The lowest BCUT2D eigenvalue weighted by atomic mass is 9.79. The molecule has 7 rings (SSSR count). The van der Waals surface area contributed by atoms with Gasteiger partial charge in [-0.15, -0.1) is 11.3 Å². The van der Waals surface area contributed by atoms with Crippen LogP contribution in [0.5, 0.6) is 5.88 Å². The number of ether oxygens (including phenoxy) is 1. The highest BCUT2D eigenvalue weighted by Gasteiger charge is 2.42. The number of amides is 2. The fourth-order valence-corrected chi connectivity index (χ4v) is 8.19. The van der Waals surface area contributed by atoms with Crippen LogP contribution in [0.2, 0.25) is 5.15 Å². The summed E-state index contributed by atoms with van der Waals surface area (Å²) in [6, 6.07) is 15.1. The van der Waals surface area contributed by atoms with E-state index in [1.54, 1.807) is 41.1 Å². The normalized spacial score (nSPS) is 19.3. The third-order valence-corrected chi connectivity index (χ3v) is 11.2. The lowest BCUT2D eigenvalue weighted by molar-refractivity contribution is -0.142. The Bertz CT molecular complexity index is 2050. The molecule has 4 aromatic heterocycles. The Kier molecular flexibility index (Phi) is 8.99. The molecule has 1 aromatic carbocycles. The fraction of sp³-hybridized carbons (Fsp3) is 0.371. The summed E-state index contributed by atoms with van der Waals surface area (Å²) < 4.78 is 8.39. The van der Waals surface area contributed by atoms with E-state index in [4.69, 9.17) is 16.3 Å². The van der Waals surface area contributed by atoms with Crippen LogP contribution in [-0.4, -0.2) is 89.7 Å². The van der Waals surface area contributed by atoms with Gasteiger partial charge in [0, 0.05) is 69.1 Å². The van der Waals surface area contributed by atoms with Gasteiger partial charge < -0.3 is 24.2 Å². The number of thiazole rings is 1. The molecule has 0 bridgehead atoms. The van der Waals surface area contributed by atoms with Crippen molar-refractivity contribution >= 4 is 45.8 Å². The number of likely N-dealkylation sites (tertiary alicyclic amines) is 2. The van der Waals surface area contributed by atoms with Crippen LogP contribution in [-0.2, 0) is 18.4 Å². The van der Waals surface area contributed by atoms with E-state index in [-0.39, 0.29) is 40.9 Å². The molecule has 0 saturated carbocycles. The minimum atomic E-state index is -1.14. The van der Waals surface area contributed by atoms with Crippen LogP contribution in [0.4, 0.5) is 0 Å². The van der Waals surface area contributed by atoms with Crippen molar-refractivity contribution in [3.63, 3.8) is 0 Å². The second-order valence-corrected chi connectivity index (χ2v) is 14.1. The quantitative estimate of drug-likeness (QED) is 0.267. The second-order valence-electron chi connectivity index (χ2n) is 12.8. The average molecular weight is 702 g/mol. The van der Waals surface area contributed by atoms with Crippen molar-refractivity contribution in [2.24, 2.45) is 13.0 Å². The maximum absolute atomic E-state index is 14.1. The van der Waals surface area contributed by atoms with Crippen LogP contribution in [0.15, 0.2) is 72.0 Å².